The van der Waals surface area contributed by atoms with E-state index in [0.717, 1.165) is 24.3 Å². The first-order valence-electron chi connectivity index (χ1n) is 13.9. The molecule has 0 spiro atoms. The van der Waals surface area contributed by atoms with Gasteiger partial charge in [0, 0.05) is 25.2 Å². The highest BCUT2D eigenvalue weighted by Crippen LogP contribution is 2.41. The number of halogens is 6. The lowest BCUT2D eigenvalue weighted by molar-refractivity contribution is -0.138. The van der Waals surface area contributed by atoms with E-state index in [-0.39, 0.29) is 31.6 Å². The van der Waals surface area contributed by atoms with Crippen molar-refractivity contribution in [1.82, 2.24) is 10.2 Å². The van der Waals surface area contributed by atoms with Crippen LogP contribution in [0.4, 0.5) is 26.3 Å². The molecule has 12 heteroatoms. The van der Waals surface area contributed by atoms with Crippen molar-refractivity contribution in [3.8, 4) is 0 Å². The third-order valence-corrected chi connectivity index (χ3v) is 7.66. The number of hydrogen-bond acceptors (Lipinski definition) is 3. The van der Waals surface area contributed by atoms with Gasteiger partial charge < -0.3 is 15.3 Å². The lowest BCUT2D eigenvalue weighted by atomic mass is 9.77. The van der Waals surface area contributed by atoms with Crippen molar-refractivity contribution >= 4 is 17.8 Å². The summed E-state index contributed by atoms with van der Waals surface area (Å²) in [7, 11) is 0. The van der Waals surface area contributed by atoms with Gasteiger partial charge in [-0.1, -0.05) is 43.7 Å². The summed E-state index contributed by atoms with van der Waals surface area (Å²) in [5, 5.41) is 11.3. The topological polar surface area (TPSA) is 86.7 Å². The number of carboxylic acids is 1. The normalized spacial score (nSPS) is 14.6. The van der Waals surface area contributed by atoms with Gasteiger partial charge in [0.2, 0.25) is 5.91 Å². The molecule has 3 aromatic carbocycles. The molecule has 1 aliphatic rings. The van der Waals surface area contributed by atoms with Crippen molar-refractivity contribution in [3.05, 3.63) is 106 Å². The summed E-state index contributed by atoms with van der Waals surface area (Å²) in [6.45, 7) is 1.79. The predicted molar refractivity (Wildman–Crippen MR) is 149 cm³/mol. The average molecular weight is 621 g/mol. The molecule has 4 rings (SSSR count). The Hall–Kier alpha value is -4.35. The minimum Gasteiger partial charge on any atom is -0.481 e. The molecular weight excluding hydrogens is 590 g/mol. The number of amides is 2. The second-order valence-corrected chi connectivity index (χ2v) is 10.7. The molecule has 2 amide bonds. The highest BCUT2D eigenvalue weighted by molar-refractivity contribution is 5.94. The summed E-state index contributed by atoms with van der Waals surface area (Å²) in [6, 6.07) is 13.9. The van der Waals surface area contributed by atoms with Crippen molar-refractivity contribution in [1.29, 1.82) is 0 Å². The van der Waals surface area contributed by atoms with Gasteiger partial charge in [0.25, 0.3) is 5.91 Å². The first-order valence-corrected chi connectivity index (χ1v) is 13.9. The summed E-state index contributed by atoms with van der Waals surface area (Å²) in [5.74, 6) is -3.51. The number of carboxylic acid groups (broad SMARTS) is 1. The summed E-state index contributed by atoms with van der Waals surface area (Å²) >= 11 is 0. The number of alkyl halides is 6. The second kappa shape index (κ2) is 13.1. The SMILES string of the molecule is CCCC(c1ccc(C(=O)NCCC(=O)O)cc1)C(C(=O)N1Cc2ccc(C(F)(F)F)cc2C1)c1ccc(C(F)(F)F)cc1. The standard InChI is InChI=1S/C32H30F6N2O4/c1-2-3-26(19-4-6-21(7-5-19)29(43)39-15-14-27(41)42)28(20-8-11-24(12-9-20)31(33,34)35)30(44)40-17-22-10-13-25(32(36,37)38)16-23(22)18-40/h4-13,16,26,28H,2-3,14-15,17-18H2,1H3,(H,39,43)(H,41,42). The minimum atomic E-state index is -4.59. The number of aliphatic carboxylic acids is 1. The zero-order chi connectivity index (χ0) is 32.2. The Balaban J connectivity index is 1.68. The maximum Gasteiger partial charge on any atom is 0.416 e. The number of benzene rings is 3. The van der Waals surface area contributed by atoms with Crippen LogP contribution in [0, 0.1) is 0 Å². The van der Waals surface area contributed by atoms with E-state index in [1.807, 2.05) is 6.92 Å². The average Bonchev–Trinajstić information content (AvgIpc) is 3.40. The van der Waals surface area contributed by atoms with Gasteiger partial charge in [-0.2, -0.15) is 26.3 Å². The van der Waals surface area contributed by atoms with Gasteiger partial charge in [0.15, 0.2) is 0 Å². The molecule has 1 heterocycles. The molecule has 6 nitrogen and oxygen atoms in total. The number of hydrogen-bond donors (Lipinski definition) is 2. The van der Waals surface area contributed by atoms with E-state index in [0.29, 0.717) is 35.1 Å². The summed E-state index contributed by atoms with van der Waals surface area (Å²) in [6.07, 6.45) is -8.35. The Morgan fingerprint density at radius 2 is 1.39 bits per heavy atom. The van der Waals surface area contributed by atoms with Crippen molar-refractivity contribution < 1.29 is 45.8 Å². The highest BCUT2D eigenvalue weighted by atomic mass is 19.4. The molecule has 1 aliphatic heterocycles. The summed E-state index contributed by atoms with van der Waals surface area (Å²) in [4.78, 5) is 38.8. The number of rotatable bonds is 10. The van der Waals surface area contributed by atoms with Gasteiger partial charge in [-0.05, 0) is 71.0 Å². The molecule has 0 fully saturated rings. The van der Waals surface area contributed by atoms with Crippen LogP contribution in [-0.4, -0.2) is 34.3 Å². The molecule has 0 bridgehead atoms. The first kappa shape index (κ1) is 32.6. The van der Waals surface area contributed by atoms with Crippen LogP contribution in [0.25, 0.3) is 0 Å². The highest BCUT2D eigenvalue weighted by Gasteiger charge is 2.38. The van der Waals surface area contributed by atoms with Gasteiger partial charge >= 0.3 is 18.3 Å². The zero-order valence-electron chi connectivity index (χ0n) is 23.6. The molecule has 2 N–H and O–H groups in total. The van der Waals surface area contributed by atoms with E-state index in [2.05, 4.69) is 5.32 Å². The molecule has 0 radical (unpaired) electrons. The van der Waals surface area contributed by atoms with E-state index < -0.39 is 53.1 Å². The van der Waals surface area contributed by atoms with Crippen molar-refractivity contribution in [2.45, 2.75) is 63.5 Å². The Bertz CT molecular complexity index is 1500. The van der Waals surface area contributed by atoms with E-state index >= 15 is 0 Å². The molecule has 0 saturated heterocycles. The Morgan fingerprint density at radius 1 is 0.818 bits per heavy atom. The van der Waals surface area contributed by atoms with Crippen LogP contribution in [0.1, 0.15) is 81.8 Å². The molecule has 3 aromatic rings. The van der Waals surface area contributed by atoms with Gasteiger partial charge in [0.1, 0.15) is 0 Å². The second-order valence-electron chi connectivity index (χ2n) is 10.7. The largest absolute Gasteiger partial charge is 0.481 e. The van der Waals surface area contributed by atoms with Crippen LogP contribution < -0.4 is 5.32 Å². The minimum absolute atomic E-state index is 0.0533. The number of nitrogens with one attached hydrogen (secondary N) is 1. The van der Waals surface area contributed by atoms with E-state index in [1.165, 1.54) is 35.2 Å². The Kier molecular flexibility index (Phi) is 9.70. The van der Waals surface area contributed by atoms with Crippen molar-refractivity contribution in [2.24, 2.45) is 0 Å². The van der Waals surface area contributed by atoms with Crippen molar-refractivity contribution in [2.75, 3.05) is 6.54 Å². The van der Waals surface area contributed by atoms with Gasteiger partial charge in [0.05, 0.1) is 23.5 Å². The monoisotopic (exact) mass is 620 g/mol. The van der Waals surface area contributed by atoms with Crippen molar-refractivity contribution in [3.63, 3.8) is 0 Å². The number of carbonyl (C=O) groups excluding carboxylic acids is 2. The fourth-order valence-corrected chi connectivity index (χ4v) is 5.45. The van der Waals surface area contributed by atoms with E-state index in [4.69, 9.17) is 5.11 Å². The van der Waals surface area contributed by atoms with Gasteiger partial charge in [-0.3, -0.25) is 14.4 Å². The smallest absolute Gasteiger partial charge is 0.416 e. The third-order valence-electron chi connectivity index (χ3n) is 7.66. The zero-order valence-corrected chi connectivity index (χ0v) is 23.6. The van der Waals surface area contributed by atoms with Crippen LogP contribution in [0.5, 0.6) is 0 Å². The lowest BCUT2D eigenvalue weighted by Gasteiger charge is -2.31. The first-order chi connectivity index (χ1) is 20.7. The lowest BCUT2D eigenvalue weighted by Crippen LogP contribution is -2.34. The Labute approximate surface area is 249 Å². The molecule has 44 heavy (non-hydrogen) atoms. The van der Waals surface area contributed by atoms with Crippen LogP contribution in [0.15, 0.2) is 66.7 Å². The van der Waals surface area contributed by atoms with Gasteiger partial charge in [-0.25, -0.2) is 0 Å². The van der Waals surface area contributed by atoms with Crippen LogP contribution >= 0.6 is 0 Å². The number of fused-ring (bicyclic) bond motifs is 1. The van der Waals surface area contributed by atoms with E-state index in [1.54, 1.807) is 12.1 Å². The quantitative estimate of drug-likeness (QED) is 0.236. The number of carbonyl (C=O) groups is 3. The molecule has 0 aromatic heterocycles. The van der Waals surface area contributed by atoms with E-state index in [9.17, 15) is 40.7 Å². The summed E-state index contributed by atoms with van der Waals surface area (Å²) < 4.78 is 80.0. The molecule has 234 valence electrons. The maximum atomic E-state index is 14.2. The fourth-order valence-electron chi connectivity index (χ4n) is 5.45. The van der Waals surface area contributed by atoms with Gasteiger partial charge in [-0.15, -0.1) is 0 Å². The molecule has 2 atom stereocenters. The predicted octanol–water partition coefficient (Wildman–Crippen LogP) is 7.14. The van der Waals surface area contributed by atoms with Crippen LogP contribution in [0.3, 0.4) is 0 Å². The third kappa shape index (κ3) is 7.59. The molecule has 0 aliphatic carbocycles. The number of nitrogens with zero attached hydrogens (tertiary/aromatic N) is 1. The molecular formula is C32H30F6N2O4. The maximum absolute atomic E-state index is 14.2. The fraction of sp³-hybridized carbons (Fsp3) is 0.344. The summed E-state index contributed by atoms with van der Waals surface area (Å²) in [5.41, 5.74) is 0.411. The molecule has 2 unspecified atom stereocenters. The van der Waals surface area contributed by atoms with Crippen LogP contribution in [0.2, 0.25) is 0 Å². The van der Waals surface area contributed by atoms with Crippen LogP contribution in [-0.2, 0) is 35.0 Å². The Morgan fingerprint density at radius 3 is 1.95 bits per heavy atom. The molecule has 0 saturated carbocycles.